The standard InChI is InChI=1S/C22H30F2O.C21H24F2O.2C8H10.C2H6.5FH/c1-5-6-7-8-9-10-18-13-19(23)14-20(21(18)25-4)22(24)12-11-16(2)17(3)15-22;1-5-6-9-16(2)11-12-18-14-19(23)15-20(21(18)24-4)17(3)10-7-8-13-22;2*1-2-8-6-4-3-5-7-8;1-2;;;;;/h11-14H,5-10,15H2,1-4H3;5,7-8,10-11,13-15H,1,3,6,9,12H2,2,4H3;2*3-7H,2H2,1H3;1-2H3;5*1H/b;10-7-,13-8-,16-11+;;;;;;;;. The molecular weight excluding hydrogens is 936 g/mol. The van der Waals surface area contributed by atoms with Gasteiger partial charge in [0, 0.05) is 23.1 Å². The normalized spacial score (nSPS) is 13.2. The number of halogens is 9. The Morgan fingerprint density at radius 1 is 0.722 bits per heavy atom. The molecule has 0 spiro atoms. The Kier molecular flexibility index (Phi) is 45.6. The van der Waals surface area contributed by atoms with Crippen molar-refractivity contribution in [3.05, 3.63) is 209 Å². The highest BCUT2D eigenvalue weighted by atomic mass is 19.1. The Balaban J connectivity index is -0.000000294. The number of rotatable bonds is 19. The Morgan fingerprint density at radius 2 is 1.25 bits per heavy atom. The van der Waals surface area contributed by atoms with Gasteiger partial charge in [-0.2, -0.15) is 0 Å². The van der Waals surface area contributed by atoms with E-state index in [4.69, 9.17) is 9.47 Å². The minimum Gasteiger partial charge on any atom is -0.496 e. The van der Waals surface area contributed by atoms with Crippen LogP contribution in [-0.2, 0) is 31.4 Å². The maximum atomic E-state index is 15.7. The van der Waals surface area contributed by atoms with Crippen LogP contribution in [0.25, 0.3) is 5.57 Å². The molecule has 0 radical (unpaired) electrons. The number of allylic oxidation sites excluding steroid dienone is 11. The van der Waals surface area contributed by atoms with E-state index in [-0.39, 0.29) is 35.8 Å². The topological polar surface area (TPSA) is 18.5 Å². The zero-order valence-corrected chi connectivity index (χ0v) is 44.5. The fourth-order valence-corrected chi connectivity index (χ4v) is 7.20. The lowest BCUT2D eigenvalue weighted by Crippen LogP contribution is -2.22. The Bertz CT molecular complexity index is 2160. The van der Waals surface area contributed by atoms with Crippen LogP contribution in [0.4, 0.5) is 41.1 Å². The maximum absolute atomic E-state index is 15.7. The highest BCUT2D eigenvalue weighted by Crippen LogP contribution is 2.44. The lowest BCUT2D eigenvalue weighted by atomic mass is 9.82. The summed E-state index contributed by atoms with van der Waals surface area (Å²) in [6.45, 7) is 24.1. The van der Waals surface area contributed by atoms with E-state index in [9.17, 15) is 13.2 Å². The summed E-state index contributed by atoms with van der Waals surface area (Å²) in [4.78, 5) is 0. The number of alkyl halides is 1. The van der Waals surface area contributed by atoms with Crippen LogP contribution in [0.2, 0.25) is 0 Å². The molecule has 1 aliphatic carbocycles. The molecule has 0 saturated heterocycles. The third kappa shape index (κ3) is 27.6. The highest BCUT2D eigenvalue weighted by molar-refractivity contribution is 5.77. The molecule has 0 amide bonds. The molecule has 0 aromatic heterocycles. The van der Waals surface area contributed by atoms with Crippen molar-refractivity contribution in [3.63, 3.8) is 0 Å². The predicted molar refractivity (Wildman–Crippen MR) is 294 cm³/mol. The SMILES string of the molecule is C=CCC/C(C)=C/Cc1cc(F)cc(C(=C)/C=C\C=C/F)c1OC.CC.CCCCCCCc1cc(F)cc(C2(F)C=CC(C)=C(C)C2)c1OC.CCc1ccccc1.CCc1ccccc1.F.F.F.F.F. The average Bonchev–Trinajstić information content (AvgIpc) is 3.35. The molecule has 1 unspecified atom stereocenters. The first-order valence-corrected chi connectivity index (χ1v) is 24.1. The minimum atomic E-state index is -1.71. The quantitative estimate of drug-likeness (QED) is 0.0403. The van der Waals surface area contributed by atoms with Crippen LogP contribution in [-0.4, -0.2) is 14.2 Å². The monoisotopic (exact) mass is 1020 g/mol. The second-order valence-electron chi connectivity index (χ2n) is 16.3. The van der Waals surface area contributed by atoms with Crippen LogP contribution in [0.1, 0.15) is 140 Å². The number of aryl methyl sites for hydroxylation is 3. The van der Waals surface area contributed by atoms with Crippen molar-refractivity contribution < 1.29 is 50.6 Å². The van der Waals surface area contributed by atoms with Crippen LogP contribution in [0, 0.1) is 11.6 Å². The number of ether oxygens (including phenoxy) is 2. The Hall–Kier alpha value is -5.97. The van der Waals surface area contributed by atoms with Crippen LogP contribution < -0.4 is 9.47 Å². The number of benzene rings is 4. The zero-order valence-electron chi connectivity index (χ0n) is 44.5. The summed E-state index contributed by atoms with van der Waals surface area (Å²) in [6, 6.07) is 26.5. The van der Waals surface area contributed by atoms with Gasteiger partial charge in [-0.3, -0.25) is 23.5 Å². The minimum absolute atomic E-state index is 0. The second kappa shape index (κ2) is 43.8. The molecule has 0 fully saturated rings. The van der Waals surface area contributed by atoms with Gasteiger partial charge in [0.2, 0.25) is 0 Å². The largest absolute Gasteiger partial charge is 0.496 e. The second-order valence-corrected chi connectivity index (χ2v) is 16.3. The van der Waals surface area contributed by atoms with E-state index in [1.165, 1.54) is 78.5 Å². The van der Waals surface area contributed by atoms with E-state index in [0.29, 0.717) is 47.4 Å². The average molecular weight is 1020 g/mol. The van der Waals surface area contributed by atoms with Crippen molar-refractivity contribution in [2.24, 2.45) is 0 Å². The van der Waals surface area contributed by atoms with Crippen molar-refractivity contribution in [2.45, 2.75) is 138 Å². The van der Waals surface area contributed by atoms with E-state index in [0.717, 1.165) is 60.8 Å². The van der Waals surface area contributed by atoms with E-state index in [1.54, 1.807) is 26.4 Å². The van der Waals surface area contributed by atoms with Crippen molar-refractivity contribution in [3.8, 4) is 11.5 Å². The molecule has 0 aliphatic heterocycles. The summed E-state index contributed by atoms with van der Waals surface area (Å²) in [6.07, 6.45) is 23.3. The third-order valence-corrected chi connectivity index (χ3v) is 11.2. The molecule has 1 atom stereocenters. The van der Waals surface area contributed by atoms with Crippen molar-refractivity contribution in [1.82, 2.24) is 0 Å². The molecule has 2 nitrogen and oxygen atoms in total. The van der Waals surface area contributed by atoms with Gasteiger partial charge in [-0.1, -0.05) is 175 Å². The molecule has 0 N–H and O–H groups in total. The van der Waals surface area contributed by atoms with Crippen molar-refractivity contribution in [1.29, 1.82) is 0 Å². The molecule has 5 rings (SSSR count). The molecule has 72 heavy (non-hydrogen) atoms. The van der Waals surface area contributed by atoms with E-state index >= 15 is 4.39 Å². The van der Waals surface area contributed by atoms with Gasteiger partial charge < -0.3 is 9.47 Å². The highest BCUT2D eigenvalue weighted by Gasteiger charge is 2.36. The lowest BCUT2D eigenvalue weighted by molar-refractivity contribution is 0.220. The van der Waals surface area contributed by atoms with E-state index in [1.807, 2.05) is 52.8 Å². The fraction of sp³-hybridized carbons (Fsp3) is 0.377. The van der Waals surface area contributed by atoms with Gasteiger partial charge in [0.05, 0.1) is 20.5 Å². The molecule has 1 aliphatic rings. The summed E-state index contributed by atoms with van der Waals surface area (Å²) in [5, 5.41) is 0. The first kappa shape index (κ1) is 75.0. The first-order valence-electron chi connectivity index (χ1n) is 24.1. The van der Waals surface area contributed by atoms with Crippen LogP contribution in [0.5, 0.6) is 11.5 Å². The molecule has 404 valence electrons. The van der Waals surface area contributed by atoms with Gasteiger partial charge in [-0.05, 0) is 124 Å². The van der Waals surface area contributed by atoms with E-state index < -0.39 is 11.5 Å². The lowest BCUT2D eigenvalue weighted by Gasteiger charge is -2.29. The van der Waals surface area contributed by atoms with Gasteiger partial charge in [0.1, 0.15) is 23.1 Å². The van der Waals surface area contributed by atoms with Crippen LogP contribution in [0.3, 0.4) is 0 Å². The number of unbranched alkanes of at least 4 members (excludes halogenated alkanes) is 4. The molecule has 0 heterocycles. The molecule has 0 saturated carbocycles. The number of hydrogen-bond donors (Lipinski definition) is 0. The molecule has 0 bridgehead atoms. The zero-order chi connectivity index (χ0) is 50.0. The third-order valence-electron chi connectivity index (χ3n) is 11.2. The summed E-state index contributed by atoms with van der Waals surface area (Å²) < 4.78 is 66.9. The van der Waals surface area contributed by atoms with Crippen molar-refractivity contribution >= 4 is 5.57 Å². The van der Waals surface area contributed by atoms with Crippen molar-refractivity contribution in [2.75, 3.05) is 14.2 Å². The molecule has 4 aromatic carbocycles. The Labute approximate surface area is 427 Å². The maximum Gasteiger partial charge on any atom is 0.161 e. The summed E-state index contributed by atoms with van der Waals surface area (Å²) in [7, 11) is 3.09. The smallest absolute Gasteiger partial charge is 0.161 e. The predicted octanol–water partition coefficient (Wildman–Crippen LogP) is 19.4. The van der Waals surface area contributed by atoms with Crippen LogP contribution >= 0.6 is 0 Å². The molecular formula is C61H85F9O2. The van der Waals surface area contributed by atoms with Gasteiger partial charge in [-0.15, -0.1) is 6.58 Å². The fourth-order valence-electron chi connectivity index (χ4n) is 7.20. The molecule has 11 heteroatoms. The summed E-state index contributed by atoms with van der Waals surface area (Å²) >= 11 is 0. The summed E-state index contributed by atoms with van der Waals surface area (Å²) in [5.74, 6) is 0.335. The Morgan fingerprint density at radius 3 is 1.72 bits per heavy atom. The number of methoxy groups -OCH3 is 2. The summed E-state index contributed by atoms with van der Waals surface area (Å²) in [5.41, 5.74) is 7.32. The number of hydrogen-bond acceptors (Lipinski definition) is 2. The van der Waals surface area contributed by atoms with Gasteiger partial charge in [0.15, 0.2) is 5.67 Å². The van der Waals surface area contributed by atoms with Gasteiger partial charge in [-0.25, -0.2) is 17.6 Å². The van der Waals surface area contributed by atoms with E-state index in [2.05, 4.69) is 88.5 Å². The molecule has 4 aromatic rings. The van der Waals surface area contributed by atoms with Crippen LogP contribution in [0.15, 0.2) is 164 Å². The van der Waals surface area contributed by atoms with Gasteiger partial charge >= 0.3 is 0 Å². The first-order chi connectivity index (χ1) is 32.3. The van der Waals surface area contributed by atoms with Gasteiger partial charge in [0.25, 0.3) is 0 Å².